The zero-order valence-electron chi connectivity index (χ0n) is 13.1. The Hall–Kier alpha value is -1.07. The van der Waals surface area contributed by atoms with E-state index in [0.29, 0.717) is 24.5 Å². The minimum atomic E-state index is 0.169. The first-order valence-corrected chi connectivity index (χ1v) is 8.70. The highest BCUT2D eigenvalue weighted by molar-refractivity contribution is 9.10. The number of piperidine rings is 1. The molecule has 0 spiro atoms. The lowest BCUT2D eigenvalue weighted by Gasteiger charge is -2.35. The molecule has 5 heteroatoms. The van der Waals surface area contributed by atoms with Gasteiger partial charge in [-0.3, -0.25) is 4.79 Å². The Bertz CT molecular complexity index is 552. The molecule has 3 rings (SSSR count). The highest BCUT2D eigenvalue weighted by Gasteiger charge is 2.36. The normalized spacial score (nSPS) is 26.8. The van der Waals surface area contributed by atoms with Crippen molar-refractivity contribution in [2.24, 2.45) is 0 Å². The fraction of sp³-hybridized carbons (Fsp3) is 0.588. The molecule has 2 heterocycles. The summed E-state index contributed by atoms with van der Waals surface area (Å²) in [4.78, 5) is 14.6. The zero-order valence-corrected chi connectivity index (χ0v) is 14.7. The summed E-state index contributed by atoms with van der Waals surface area (Å²) in [6.45, 7) is 0. The van der Waals surface area contributed by atoms with Crippen LogP contribution in [-0.4, -0.2) is 43.1 Å². The third-order valence-electron chi connectivity index (χ3n) is 4.97. The molecule has 2 bridgehead atoms. The molecule has 1 N–H and O–H groups in total. The number of nitrogens with one attached hydrogen (secondary N) is 1. The van der Waals surface area contributed by atoms with Crippen LogP contribution in [0.3, 0.4) is 0 Å². The van der Waals surface area contributed by atoms with Crippen molar-refractivity contribution in [1.82, 2.24) is 10.2 Å². The number of ether oxygens (including phenoxy) is 1. The fourth-order valence-corrected chi connectivity index (χ4v) is 4.13. The lowest BCUT2D eigenvalue weighted by molar-refractivity contribution is -0.131. The number of methoxy groups -OCH3 is 1. The van der Waals surface area contributed by atoms with Crippen molar-refractivity contribution < 1.29 is 9.53 Å². The molecule has 0 aromatic heterocycles. The SMILES string of the molecule is COc1ccc(Br)cc1CC(=O)N(C)C1CC2CCC(C1)N2. The zero-order chi connectivity index (χ0) is 15.7. The number of likely N-dealkylation sites (N-methyl/N-ethyl adjacent to an activating group) is 1. The molecule has 0 saturated carbocycles. The number of nitrogens with zero attached hydrogens (tertiary/aromatic N) is 1. The van der Waals surface area contributed by atoms with Gasteiger partial charge in [-0.15, -0.1) is 0 Å². The molecule has 1 aromatic carbocycles. The highest BCUT2D eigenvalue weighted by Crippen LogP contribution is 2.30. The predicted octanol–water partition coefficient (Wildman–Crippen LogP) is 2.74. The standard InChI is InChI=1S/C17H23BrN2O2/c1-20(15-9-13-4-5-14(10-15)19-13)17(21)8-11-7-12(18)3-6-16(11)22-2/h3,6-7,13-15,19H,4-5,8-10H2,1-2H3. The molecule has 1 amide bonds. The minimum absolute atomic E-state index is 0.169. The predicted molar refractivity (Wildman–Crippen MR) is 90.1 cm³/mol. The van der Waals surface area contributed by atoms with Crippen molar-refractivity contribution >= 4 is 21.8 Å². The summed E-state index contributed by atoms with van der Waals surface area (Å²) in [6.07, 6.45) is 5.05. The smallest absolute Gasteiger partial charge is 0.227 e. The number of hydrogen-bond acceptors (Lipinski definition) is 3. The monoisotopic (exact) mass is 366 g/mol. The van der Waals surface area contributed by atoms with E-state index < -0.39 is 0 Å². The number of rotatable bonds is 4. The van der Waals surface area contributed by atoms with E-state index in [2.05, 4.69) is 21.2 Å². The Kier molecular flexibility index (Phi) is 4.73. The van der Waals surface area contributed by atoms with Crippen molar-refractivity contribution in [3.63, 3.8) is 0 Å². The van der Waals surface area contributed by atoms with Crippen LogP contribution in [0.25, 0.3) is 0 Å². The number of benzene rings is 1. The maximum Gasteiger partial charge on any atom is 0.227 e. The molecule has 2 unspecified atom stereocenters. The molecule has 1 aromatic rings. The number of amides is 1. The average molecular weight is 367 g/mol. The van der Waals surface area contributed by atoms with Gasteiger partial charge in [-0.25, -0.2) is 0 Å². The van der Waals surface area contributed by atoms with E-state index in [9.17, 15) is 4.79 Å². The molecular formula is C17H23BrN2O2. The van der Waals surface area contributed by atoms with Crippen molar-refractivity contribution in [2.45, 2.75) is 50.2 Å². The second kappa shape index (κ2) is 6.59. The van der Waals surface area contributed by atoms with Crippen molar-refractivity contribution in [2.75, 3.05) is 14.2 Å². The molecule has 120 valence electrons. The summed E-state index contributed by atoms with van der Waals surface area (Å²) < 4.78 is 6.34. The first kappa shape index (κ1) is 15.8. The number of carbonyl (C=O) groups is 1. The first-order valence-electron chi connectivity index (χ1n) is 7.91. The molecule has 2 atom stereocenters. The van der Waals surface area contributed by atoms with Crippen molar-refractivity contribution in [3.8, 4) is 5.75 Å². The van der Waals surface area contributed by atoms with Gasteiger partial charge in [0.15, 0.2) is 0 Å². The van der Waals surface area contributed by atoms with E-state index in [0.717, 1.165) is 28.6 Å². The molecule has 2 saturated heterocycles. The van der Waals surface area contributed by atoms with Gasteiger partial charge in [-0.05, 0) is 43.9 Å². The third kappa shape index (κ3) is 3.30. The van der Waals surface area contributed by atoms with Crippen LogP contribution in [0.15, 0.2) is 22.7 Å². The van der Waals surface area contributed by atoms with E-state index >= 15 is 0 Å². The van der Waals surface area contributed by atoms with Gasteiger partial charge in [0.05, 0.1) is 13.5 Å². The topological polar surface area (TPSA) is 41.6 Å². The maximum absolute atomic E-state index is 12.7. The fourth-order valence-electron chi connectivity index (χ4n) is 3.72. The van der Waals surface area contributed by atoms with Crippen LogP contribution in [0.1, 0.15) is 31.2 Å². The largest absolute Gasteiger partial charge is 0.496 e. The Labute approximate surface area is 140 Å². The lowest BCUT2D eigenvalue weighted by Crippen LogP contribution is -2.49. The summed E-state index contributed by atoms with van der Waals surface area (Å²) in [5, 5.41) is 3.63. The second-order valence-electron chi connectivity index (χ2n) is 6.40. The van der Waals surface area contributed by atoms with Crippen LogP contribution in [0, 0.1) is 0 Å². The first-order chi connectivity index (χ1) is 10.6. The summed E-state index contributed by atoms with van der Waals surface area (Å²) in [5.74, 6) is 0.943. The van der Waals surface area contributed by atoms with E-state index in [1.165, 1.54) is 12.8 Å². The summed E-state index contributed by atoms with van der Waals surface area (Å²) >= 11 is 3.46. The second-order valence-corrected chi connectivity index (χ2v) is 7.32. The molecule has 2 fully saturated rings. The summed E-state index contributed by atoms with van der Waals surface area (Å²) in [7, 11) is 3.59. The Morgan fingerprint density at radius 3 is 2.68 bits per heavy atom. The van der Waals surface area contributed by atoms with Crippen LogP contribution in [-0.2, 0) is 11.2 Å². The summed E-state index contributed by atoms with van der Waals surface area (Å²) in [5.41, 5.74) is 0.936. The molecule has 2 aliphatic heterocycles. The Morgan fingerprint density at radius 1 is 1.36 bits per heavy atom. The average Bonchev–Trinajstić information content (AvgIpc) is 2.85. The number of halogens is 1. The van der Waals surface area contributed by atoms with E-state index in [-0.39, 0.29) is 5.91 Å². The maximum atomic E-state index is 12.7. The van der Waals surface area contributed by atoms with E-state index in [4.69, 9.17) is 4.74 Å². The minimum Gasteiger partial charge on any atom is -0.496 e. The van der Waals surface area contributed by atoms with Gasteiger partial charge in [-0.2, -0.15) is 0 Å². The molecule has 0 aliphatic carbocycles. The molecule has 22 heavy (non-hydrogen) atoms. The Balaban J connectivity index is 1.67. The van der Waals surface area contributed by atoms with Crippen LogP contribution >= 0.6 is 15.9 Å². The van der Waals surface area contributed by atoms with Gasteiger partial charge < -0.3 is 15.0 Å². The molecular weight excluding hydrogens is 344 g/mol. The van der Waals surface area contributed by atoms with Crippen LogP contribution < -0.4 is 10.1 Å². The van der Waals surface area contributed by atoms with Crippen LogP contribution in [0.4, 0.5) is 0 Å². The van der Waals surface area contributed by atoms with Gasteiger partial charge in [0.25, 0.3) is 0 Å². The number of hydrogen-bond donors (Lipinski definition) is 1. The quantitative estimate of drug-likeness (QED) is 0.890. The van der Waals surface area contributed by atoms with Gasteiger partial charge in [0.2, 0.25) is 5.91 Å². The third-order valence-corrected chi connectivity index (χ3v) is 5.47. The molecule has 2 aliphatic rings. The van der Waals surface area contributed by atoms with Gasteiger partial charge in [0.1, 0.15) is 5.75 Å². The Morgan fingerprint density at radius 2 is 2.05 bits per heavy atom. The van der Waals surface area contributed by atoms with E-state index in [1.807, 2.05) is 30.1 Å². The van der Waals surface area contributed by atoms with Gasteiger partial charge >= 0.3 is 0 Å². The van der Waals surface area contributed by atoms with Crippen LogP contribution in [0.2, 0.25) is 0 Å². The number of carbonyl (C=O) groups excluding carboxylic acids is 1. The van der Waals surface area contributed by atoms with Gasteiger partial charge in [0, 0.05) is 35.2 Å². The van der Waals surface area contributed by atoms with Crippen molar-refractivity contribution in [1.29, 1.82) is 0 Å². The molecule has 4 nitrogen and oxygen atoms in total. The van der Waals surface area contributed by atoms with E-state index in [1.54, 1.807) is 7.11 Å². The summed E-state index contributed by atoms with van der Waals surface area (Å²) in [6, 6.07) is 7.36. The highest BCUT2D eigenvalue weighted by atomic mass is 79.9. The lowest BCUT2D eigenvalue weighted by atomic mass is 9.98. The van der Waals surface area contributed by atoms with Gasteiger partial charge in [-0.1, -0.05) is 15.9 Å². The van der Waals surface area contributed by atoms with Crippen LogP contribution in [0.5, 0.6) is 5.75 Å². The number of fused-ring (bicyclic) bond motifs is 2. The molecule has 0 radical (unpaired) electrons. The van der Waals surface area contributed by atoms with Crippen molar-refractivity contribution in [3.05, 3.63) is 28.2 Å².